The summed E-state index contributed by atoms with van der Waals surface area (Å²) in [6.45, 7) is 5.94. The highest BCUT2D eigenvalue weighted by molar-refractivity contribution is 7.99. The van der Waals surface area contributed by atoms with Crippen molar-refractivity contribution in [3.05, 3.63) is 23.8 Å². The van der Waals surface area contributed by atoms with Gasteiger partial charge in [0.2, 0.25) is 0 Å². The second-order valence-electron chi connectivity index (χ2n) is 3.35. The lowest BCUT2D eigenvalue weighted by Gasteiger charge is -2.13. The number of hydrogen-bond acceptors (Lipinski definition) is 3. The molecule has 1 aromatic rings. The average Bonchev–Trinajstić information content (AvgIpc) is 2.27. The largest absolute Gasteiger partial charge is 0.385 e. The van der Waals surface area contributed by atoms with E-state index in [0.29, 0.717) is 6.54 Å². The number of hydrogen-bond donors (Lipinski definition) is 2. The fraction of sp³-hybridized carbons (Fsp3) is 0.500. The predicted molar refractivity (Wildman–Crippen MR) is 69.5 cm³/mol. The van der Waals surface area contributed by atoms with Crippen molar-refractivity contribution in [2.24, 2.45) is 5.73 Å². The molecule has 0 amide bonds. The molecule has 0 aliphatic heterocycles. The van der Waals surface area contributed by atoms with Crippen LogP contribution in [0.25, 0.3) is 0 Å². The number of rotatable bonds is 6. The van der Waals surface area contributed by atoms with Crippen LogP contribution < -0.4 is 11.1 Å². The summed E-state index contributed by atoms with van der Waals surface area (Å²) in [5.74, 6) is 1.09. The summed E-state index contributed by atoms with van der Waals surface area (Å²) in [6.07, 6.45) is 1.13. The molecule has 3 N–H and O–H groups in total. The van der Waals surface area contributed by atoms with Gasteiger partial charge in [-0.05, 0) is 24.3 Å². The molecule has 0 saturated heterocycles. The van der Waals surface area contributed by atoms with Crippen LogP contribution in [0.3, 0.4) is 0 Å². The first kappa shape index (κ1) is 12.4. The smallest absolute Gasteiger partial charge is 0.0397 e. The van der Waals surface area contributed by atoms with E-state index in [1.165, 1.54) is 16.1 Å². The molecular formula is C12H20N2S. The Morgan fingerprint density at radius 3 is 2.73 bits per heavy atom. The molecule has 2 nitrogen and oxygen atoms in total. The number of anilines is 1. The minimum Gasteiger partial charge on any atom is -0.385 e. The van der Waals surface area contributed by atoms with Gasteiger partial charge in [-0.2, -0.15) is 0 Å². The highest BCUT2D eigenvalue weighted by Crippen LogP contribution is 2.28. The van der Waals surface area contributed by atoms with Crippen LogP contribution >= 0.6 is 11.8 Å². The Morgan fingerprint density at radius 2 is 2.13 bits per heavy atom. The van der Waals surface area contributed by atoms with E-state index < -0.39 is 0 Å². The second kappa shape index (κ2) is 6.75. The molecule has 3 heteroatoms. The van der Waals surface area contributed by atoms with Gasteiger partial charge >= 0.3 is 0 Å². The Morgan fingerprint density at radius 1 is 1.33 bits per heavy atom. The first-order valence-electron chi connectivity index (χ1n) is 5.52. The fourth-order valence-corrected chi connectivity index (χ4v) is 2.35. The summed E-state index contributed by atoms with van der Waals surface area (Å²) in [5.41, 5.74) is 8.24. The number of nitrogens with two attached hydrogens (primary N) is 1. The molecule has 0 aromatic heterocycles. The molecule has 0 atom stereocenters. The summed E-state index contributed by atoms with van der Waals surface area (Å²) in [7, 11) is 0. The summed E-state index contributed by atoms with van der Waals surface area (Å²) in [5, 5.41) is 3.42. The maximum atomic E-state index is 5.80. The van der Waals surface area contributed by atoms with Crippen molar-refractivity contribution in [2.75, 3.05) is 17.6 Å². The monoisotopic (exact) mass is 224 g/mol. The molecule has 0 heterocycles. The molecule has 0 saturated carbocycles. The van der Waals surface area contributed by atoms with Gasteiger partial charge in [0.25, 0.3) is 0 Å². The predicted octanol–water partition coefficient (Wildman–Crippen LogP) is 3.08. The lowest BCUT2D eigenvalue weighted by atomic mass is 10.1. The van der Waals surface area contributed by atoms with Gasteiger partial charge in [-0.3, -0.25) is 0 Å². The Hall–Kier alpha value is -0.670. The van der Waals surface area contributed by atoms with Gasteiger partial charge in [0.1, 0.15) is 0 Å². The zero-order valence-corrected chi connectivity index (χ0v) is 10.4. The summed E-state index contributed by atoms with van der Waals surface area (Å²) < 4.78 is 0. The molecule has 0 aliphatic carbocycles. The quantitative estimate of drug-likeness (QED) is 0.729. The van der Waals surface area contributed by atoms with Crippen molar-refractivity contribution in [3.8, 4) is 0 Å². The van der Waals surface area contributed by atoms with Crippen LogP contribution in [0.4, 0.5) is 5.69 Å². The molecule has 0 unspecified atom stereocenters. The lowest BCUT2D eigenvalue weighted by Crippen LogP contribution is -2.07. The Balaban J connectivity index is 2.88. The topological polar surface area (TPSA) is 38.0 Å². The first-order chi connectivity index (χ1) is 7.33. The van der Waals surface area contributed by atoms with Crippen LogP contribution in [-0.2, 0) is 6.54 Å². The Kier molecular flexibility index (Phi) is 5.58. The van der Waals surface area contributed by atoms with Crippen molar-refractivity contribution in [2.45, 2.75) is 31.7 Å². The third-order valence-electron chi connectivity index (χ3n) is 2.20. The van der Waals surface area contributed by atoms with E-state index in [0.717, 1.165) is 18.7 Å². The lowest BCUT2D eigenvalue weighted by molar-refractivity contribution is 0.959. The van der Waals surface area contributed by atoms with E-state index in [-0.39, 0.29) is 0 Å². The molecule has 0 bridgehead atoms. The van der Waals surface area contributed by atoms with Gasteiger partial charge in [-0.1, -0.05) is 19.9 Å². The van der Waals surface area contributed by atoms with Crippen LogP contribution in [-0.4, -0.2) is 12.3 Å². The zero-order chi connectivity index (χ0) is 11.1. The van der Waals surface area contributed by atoms with Gasteiger partial charge < -0.3 is 11.1 Å². The molecule has 1 aromatic carbocycles. The molecule has 0 aliphatic rings. The summed E-state index contributed by atoms with van der Waals surface area (Å²) >= 11 is 1.85. The molecule has 84 valence electrons. The fourth-order valence-electron chi connectivity index (χ4n) is 1.49. The molecule has 0 spiro atoms. The molecule has 1 rings (SSSR count). The van der Waals surface area contributed by atoms with E-state index in [1.807, 2.05) is 11.8 Å². The summed E-state index contributed by atoms with van der Waals surface area (Å²) in [6, 6.07) is 6.35. The van der Waals surface area contributed by atoms with Crippen molar-refractivity contribution in [1.82, 2.24) is 0 Å². The molecule has 0 radical (unpaired) electrons. The SMILES string of the molecule is CCCNc1cccc(SCC)c1CN. The third kappa shape index (κ3) is 3.43. The maximum absolute atomic E-state index is 5.80. The number of benzene rings is 1. The second-order valence-corrected chi connectivity index (χ2v) is 4.65. The van der Waals surface area contributed by atoms with Gasteiger partial charge in [0.05, 0.1) is 0 Å². The first-order valence-corrected chi connectivity index (χ1v) is 6.50. The standard InChI is InChI=1S/C12H20N2S/c1-3-8-14-11-6-5-7-12(15-4-2)10(11)9-13/h5-7,14H,3-4,8-9,13H2,1-2H3. The van der Waals surface area contributed by atoms with Crippen molar-refractivity contribution < 1.29 is 0 Å². The minimum absolute atomic E-state index is 0.606. The highest BCUT2D eigenvalue weighted by Gasteiger charge is 2.05. The van der Waals surface area contributed by atoms with Crippen LogP contribution in [0.1, 0.15) is 25.8 Å². The average molecular weight is 224 g/mol. The minimum atomic E-state index is 0.606. The molecule has 15 heavy (non-hydrogen) atoms. The molecule has 0 fully saturated rings. The Bertz CT molecular complexity index is 300. The summed E-state index contributed by atoms with van der Waals surface area (Å²) in [4.78, 5) is 1.31. The maximum Gasteiger partial charge on any atom is 0.0397 e. The van der Waals surface area contributed by atoms with E-state index in [1.54, 1.807) is 0 Å². The van der Waals surface area contributed by atoms with Crippen LogP contribution in [0.15, 0.2) is 23.1 Å². The van der Waals surface area contributed by atoms with Crippen molar-refractivity contribution >= 4 is 17.4 Å². The Labute approximate surface area is 96.6 Å². The van der Waals surface area contributed by atoms with Crippen LogP contribution in [0.5, 0.6) is 0 Å². The zero-order valence-electron chi connectivity index (χ0n) is 9.55. The van der Waals surface area contributed by atoms with Crippen LogP contribution in [0.2, 0.25) is 0 Å². The van der Waals surface area contributed by atoms with Gasteiger partial charge in [0.15, 0.2) is 0 Å². The molecular weight excluding hydrogens is 204 g/mol. The van der Waals surface area contributed by atoms with Gasteiger partial charge in [-0.15, -0.1) is 11.8 Å². The van der Waals surface area contributed by atoms with E-state index in [9.17, 15) is 0 Å². The third-order valence-corrected chi connectivity index (χ3v) is 3.18. The highest BCUT2D eigenvalue weighted by atomic mass is 32.2. The number of nitrogens with one attached hydrogen (secondary N) is 1. The van der Waals surface area contributed by atoms with E-state index in [4.69, 9.17) is 5.73 Å². The van der Waals surface area contributed by atoms with E-state index in [2.05, 4.69) is 37.4 Å². The van der Waals surface area contributed by atoms with Gasteiger partial charge in [-0.25, -0.2) is 0 Å². The van der Waals surface area contributed by atoms with Gasteiger partial charge in [0, 0.05) is 29.2 Å². The number of thioether (sulfide) groups is 1. The van der Waals surface area contributed by atoms with Crippen molar-refractivity contribution in [3.63, 3.8) is 0 Å². The van der Waals surface area contributed by atoms with Crippen LogP contribution in [0, 0.1) is 0 Å². The normalized spacial score (nSPS) is 10.3. The van der Waals surface area contributed by atoms with E-state index >= 15 is 0 Å². The van der Waals surface area contributed by atoms with Crippen molar-refractivity contribution in [1.29, 1.82) is 0 Å².